The second-order valence-electron chi connectivity index (χ2n) is 3.67. The molecule has 2 unspecified atom stereocenters. The van der Waals surface area contributed by atoms with Crippen LogP contribution in [0.25, 0.3) is 0 Å². The summed E-state index contributed by atoms with van der Waals surface area (Å²) in [5.41, 5.74) is 0. The van der Waals surface area contributed by atoms with Crippen molar-refractivity contribution in [2.24, 2.45) is 11.8 Å². The second-order valence-corrected chi connectivity index (χ2v) is 3.67. The lowest BCUT2D eigenvalue weighted by Gasteiger charge is -2.18. The van der Waals surface area contributed by atoms with Crippen molar-refractivity contribution in [3.8, 4) is 0 Å². The van der Waals surface area contributed by atoms with Crippen LogP contribution in [-0.2, 0) is 0 Å². The molecule has 0 rings (SSSR count). The minimum atomic E-state index is 0.687. The molecule has 11 heavy (non-hydrogen) atoms. The van der Waals surface area contributed by atoms with Gasteiger partial charge in [-0.1, -0.05) is 52.9 Å². The molecule has 2 atom stereocenters. The van der Waals surface area contributed by atoms with Crippen LogP contribution >= 0.6 is 0 Å². The van der Waals surface area contributed by atoms with E-state index in [9.17, 15) is 0 Å². The van der Waals surface area contributed by atoms with E-state index in [0.29, 0.717) is 5.92 Å². The van der Waals surface area contributed by atoms with Crippen LogP contribution in [0.3, 0.4) is 0 Å². The average molecular weight is 155 g/mol. The zero-order valence-corrected chi connectivity index (χ0v) is 8.40. The molecule has 0 aromatic carbocycles. The highest BCUT2D eigenvalue weighted by atomic mass is 14.1. The Kier molecular flexibility index (Phi) is 6.69. The molecule has 67 valence electrons. The molecule has 0 spiro atoms. The minimum absolute atomic E-state index is 0.687. The molecule has 0 N–H and O–H groups in total. The molecular weight excluding hydrogens is 132 g/mol. The minimum Gasteiger partial charge on any atom is -0.0654 e. The summed E-state index contributed by atoms with van der Waals surface area (Å²) in [7, 11) is 0. The lowest BCUT2D eigenvalue weighted by molar-refractivity contribution is 0.365. The molecule has 0 bridgehead atoms. The molecule has 0 amide bonds. The molecule has 0 saturated heterocycles. The summed E-state index contributed by atoms with van der Waals surface area (Å²) in [6.45, 7) is 11.0. The first kappa shape index (κ1) is 11.0. The monoisotopic (exact) mass is 155 g/mol. The third kappa shape index (κ3) is 5.29. The van der Waals surface area contributed by atoms with E-state index in [2.05, 4.69) is 27.7 Å². The fourth-order valence-electron chi connectivity index (χ4n) is 1.42. The Morgan fingerprint density at radius 1 is 1.09 bits per heavy atom. The summed E-state index contributed by atoms with van der Waals surface area (Å²) in [5, 5.41) is 0. The summed E-state index contributed by atoms with van der Waals surface area (Å²) >= 11 is 0. The molecule has 0 aliphatic heterocycles. The number of hydrogen-bond donors (Lipinski definition) is 0. The van der Waals surface area contributed by atoms with Crippen molar-refractivity contribution in [3.05, 3.63) is 6.92 Å². The molecule has 0 aromatic heterocycles. The van der Waals surface area contributed by atoms with E-state index in [1.165, 1.54) is 32.1 Å². The predicted molar refractivity (Wildman–Crippen MR) is 52.4 cm³/mol. The normalized spacial score (nSPS) is 16.4. The summed E-state index contributed by atoms with van der Waals surface area (Å²) in [6.07, 6.45) is 6.64. The highest BCUT2D eigenvalue weighted by Crippen LogP contribution is 2.21. The lowest BCUT2D eigenvalue weighted by atomic mass is 9.88. The van der Waals surface area contributed by atoms with Crippen LogP contribution in [0.4, 0.5) is 0 Å². The number of rotatable bonds is 6. The Bertz CT molecular complexity index is 76.1. The topological polar surface area (TPSA) is 0 Å². The van der Waals surface area contributed by atoms with Crippen molar-refractivity contribution >= 4 is 0 Å². The summed E-state index contributed by atoms with van der Waals surface area (Å²) in [4.78, 5) is 0. The van der Waals surface area contributed by atoms with Gasteiger partial charge in [0.15, 0.2) is 0 Å². The summed E-state index contributed by atoms with van der Waals surface area (Å²) < 4.78 is 0. The van der Waals surface area contributed by atoms with Gasteiger partial charge in [-0.05, 0) is 18.8 Å². The van der Waals surface area contributed by atoms with E-state index in [-0.39, 0.29) is 0 Å². The first-order valence-electron chi connectivity index (χ1n) is 5.05. The van der Waals surface area contributed by atoms with Gasteiger partial charge in [0.2, 0.25) is 0 Å². The van der Waals surface area contributed by atoms with Crippen LogP contribution in [0.1, 0.15) is 52.9 Å². The molecule has 0 aliphatic rings. The molecule has 0 heteroatoms. The van der Waals surface area contributed by atoms with Crippen molar-refractivity contribution in [3.63, 3.8) is 0 Å². The van der Waals surface area contributed by atoms with Crippen LogP contribution in [0.5, 0.6) is 0 Å². The van der Waals surface area contributed by atoms with Crippen molar-refractivity contribution in [1.29, 1.82) is 0 Å². The van der Waals surface area contributed by atoms with Gasteiger partial charge >= 0.3 is 0 Å². The first-order valence-corrected chi connectivity index (χ1v) is 5.05. The van der Waals surface area contributed by atoms with Crippen LogP contribution in [0.2, 0.25) is 0 Å². The highest BCUT2D eigenvalue weighted by molar-refractivity contribution is 4.67. The maximum Gasteiger partial charge on any atom is -0.0388 e. The number of hydrogen-bond acceptors (Lipinski definition) is 0. The standard InChI is InChI=1S/C11H23/c1-5-7-9-11(4)10(3)8-6-2/h10-11H,3,5-9H2,1-2,4H3. The Hall–Kier alpha value is 0. The van der Waals surface area contributed by atoms with Gasteiger partial charge in [-0.3, -0.25) is 0 Å². The van der Waals surface area contributed by atoms with E-state index >= 15 is 0 Å². The van der Waals surface area contributed by atoms with Crippen LogP contribution < -0.4 is 0 Å². The Morgan fingerprint density at radius 2 is 1.73 bits per heavy atom. The van der Waals surface area contributed by atoms with Gasteiger partial charge in [0.05, 0.1) is 0 Å². The third-order valence-electron chi connectivity index (χ3n) is 2.48. The van der Waals surface area contributed by atoms with Gasteiger partial charge in [0.1, 0.15) is 0 Å². The van der Waals surface area contributed by atoms with Crippen LogP contribution in [0, 0.1) is 18.8 Å². The maximum absolute atomic E-state index is 4.18. The summed E-state index contributed by atoms with van der Waals surface area (Å²) in [6, 6.07) is 0. The predicted octanol–water partition coefficient (Wildman–Crippen LogP) is 4.06. The SMILES string of the molecule is [CH2]C(CCC)C(C)CCCC. The van der Waals surface area contributed by atoms with Crippen molar-refractivity contribution in [2.75, 3.05) is 0 Å². The fourth-order valence-corrected chi connectivity index (χ4v) is 1.42. The largest absolute Gasteiger partial charge is 0.0654 e. The van der Waals surface area contributed by atoms with Crippen molar-refractivity contribution < 1.29 is 0 Å². The lowest BCUT2D eigenvalue weighted by Crippen LogP contribution is -2.07. The zero-order chi connectivity index (χ0) is 8.69. The molecule has 1 radical (unpaired) electrons. The van der Waals surface area contributed by atoms with Gasteiger partial charge < -0.3 is 0 Å². The highest BCUT2D eigenvalue weighted by Gasteiger charge is 2.09. The summed E-state index contributed by atoms with van der Waals surface area (Å²) in [5.74, 6) is 1.52. The molecule has 0 aromatic rings. The van der Waals surface area contributed by atoms with Crippen molar-refractivity contribution in [2.45, 2.75) is 52.9 Å². The molecule has 0 nitrogen and oxygen atoms in total. The second kappa shape index (κ2) is 6.69. The molecule has 0 heterocycles. The van der Waals surface area contributed by atoms with E-state index in [4.69, 9.17) is 0 Å². The van der Waals surface area contributed by atoms with Crippen molar-refractivity contribution in [1.82, 2.24) is 0 Å². The van der Waals surface area contributed by atoms with Gasteiger partial charge in [-0.25, -0.2) is 0 Å². The van der Waals surface area contributed by atoms with Gasteiger partial charge in [-0.15, -0.1) is 0 Å². The maximum atomic E-state index is 4.18. The molecule has 0 aliphatic carbocycles. The molecule has 0 fully saturated rings. The fraction of sp³-hybridized carbons (Fsp3) is 0.909. The first-order chi connectivity index (χ1) is 5.22. The van der Waals surface area contributed by atoms with Crippen LogP contribution in [0.15, 0.2) is 0 Å². The Balaban J connectivity index is 3.38. The molecule has 0 saturated carbocycles. The quantitative estimate of drug-likeness (QED) is 0.542. The third-order valence-corrected chi connectivity index (χ3v) is 2.48. The van der Waals surface area contributed by atoms with Gasteiger partial charge in [0, 0.05) is 0 Å². The zero-order valence-electron chi connectivity index (χ0n) is 8.40. The van der Waals surface area contributed by atoms with E-state index in [1.54, 1.807) is 0 Å². The Labute approximate surface area is 72.4 Å². The van der Waals surface area contributed by atoms with E-state index < -0.39 is 0 Å². The van der Waals surface area contributed by atoms with E-state index in [0.717, 1.165) is 5.92 Å². The van der Waals surface area contributed by atoms with Crippen LogP contribution in [-0.4, -0.2) is 0 Å². The van der Waals surface area contributed by atoms with Gasteiger partial charge in [-0.2, -0.15) is 0 Å². The van der Waals surface area contributed by atoms with Gasteiger partial charge in [0.25, 0.3) is 0 Å². The number of unbranched alkanes of at least 4 members (excludes halogenated alkanes) is 1. The average Bonchev–Trinajstić information content (AvgIpc) is 2.00. The Morgan fingerprint density at radius 3 is 2.18 bits per heavy atom. The smallest absolute Gasteiger partial charge is 0.0388 e. The van der Waals surface area contributed by atoms with E-state index in [1.807, 2.05) is 0 Å². The molecular formula is C11H23.